The standard InChI is InChI=1S/C21H27Cl2F3N6O3S/c1-28-12-18(30-27)36(34,35)32-8-6-31(7-9-32)20(2-4-21(25,26)5-3-20)13-29-19(33)14-10-17(24)16(23)11-15(14)22/h10-12H,2-9,13,27H2,1H3,(H,29,33). The van der Waals surface area contributed by atoms with Crippen LogP contribution >= 0.6 is 23.2 Å². The summed E-state index contributed by atoms with van der Waals surface area (Å²) in [7, 11) is -2.58. The molecular weight excluding hydrogens is 544 g/mol. The molecule has 36 heavy (non-hydrogen) atoms. The quantitative estimate of drug-likeness (QED) is 0.179. The third kappa shape index (κ3) is 6.13. The number of carbonyl (C=O) groups excluding carboxylic acids is 1. The fourth-order valence-electron chi connectivity index (χ4n) is 4.53. The van der Waals surface area contributed by atoms with E-state index in [1.165, 1.54) is 11.4 Å². The lowest BCUT2D eigenvalue weighted by Crippen LogP contribution is -2.63. The molecule has 0 unspecified atom stereocenters. The normalized spacial score (nSPS) is 21.6. The zero-order chi connectivity index (χ0) is 26.7. The number of aliphatic imine (C=N–C) groups is 1. The van der Waals surface area contributed by atoms with Gasteiger partial charge in [0.25, 0.3) is 15.9 Å². The molecule has 15 heteroatoms. The highest BCUT2D eigenvalue weighted by Crippen LogP contribution is 2.42. The molecule has 2 fully saturated rings. The number of hydrogen-bond donors (Lipinski definition) is 2. The summed E-state index contributed by atoms with van der Waals surface area (Å²) in [6.45, 7) is 0.599. The summed E-state index contributed by atoms with van der Waals surface area (Å²) in [5, 5.41) is 5.35. The van der Waals surface area contributed by atoms with E-state index >= 15 is 0 Å². The zero-order valence-electron chi connectivity index (χ0n) is 19.5. The smallest absolute Gasteiger partial charge is 0.263 e. The van der Waals surface area contributed by atoms with Crippen molar-refractivity contribution in [1.82, 2.24) is 14.5 Å². The van der Waals surface area contributed by atoms with E-state index in [4.69, 9.17) is 29.0 Å². The van der Waals surface area contributed by atoms with Crippen LogP contribution in [-0.2, 0) is 10.0 Å². The van der Waals surface area contributed by atoms with Crippen molar-refractivity contribution in [1.29, 1.82) is 0 Å². The Hall–Kier alpha value is -1.93. The van der Waals surface area contributed by atoms with Crippen molar-refractivity contribution in [3.8, 4) is 0 Å². The van der Waals surface area contributed by atoms with E-state index in [0.29, 0.717) is 0 Å². The molecule has 0 bridgehead atoms. The van der Waals surface area contributed by atoms with Crippen LogP contribution in [0.15, 0.2) is 22.2 Å². The van der Waals surface area contributed by atoms with E-state index < -0.39 is 33.2 Å². The Kier molecular flexibility index (Phi) is 8.92. The van der Waals surface area contributed by atoms with Gasteiger partial charge >= 0.3 is 0 Å². The lowest BCUT2D eigenvalue weighted by Gasteiger charge is -2.50. The van der Waals surface area contributed by atoms with Crippen LogP contribution in [0.3, 0.4) is 0 Å². The van der Waals surface area contributed by atoms with Crippen LogP contribution in [0.1, 0.15) is 36.0 Å². The number of nitrogens with one attached hydrogen (secondary N) is 1. The van der Waals surface area contributed by atoms with E-state index in [-0.39, 0.29) is 79.1 Å². The molecule has 1 saturated heterocycles. The van der Waals surface area contributed by atoms with Crippen molar-refractivity contribution in [2.45, 2.75) is 37.1 Å². The minimum absolute atomic E-state index is 0.00671. The molecule has 200 valence electrons. The maximum Gasteiger partial charge on any atom is 0.263 e. The summed E-state index contributed by atoms with van der Waals surface area (Å²) in [6, 6.07) is 2.04. The van der Waals surface area contributed by atoms with Crippen LogP contribution in [0.5, 0.6) is 0 Å². The predicted octanol–water partition coefficient (Wildman–Crippen LogP) is 2.73. The number of benzene rings is 1. The molecule has 1 aromatic carbocycles. The van der Waals surface area contributed by atoms with E-state index in [1.54, 1.807) is 0 Å². The van der Waals surface area contributed by atoms with Crippen LogP contribution in [0.2, 0.25) is 10.0 Å². The SMILES string of the molecule is CN=CC(=NN)S(=O)(=O)N1CCN(C2(CNC(=O)c3cc(F)c(Cl)cc3Cl)CCC(F)(F)CC2)CC1. The van der Waals surface area contributed by atoms with Gasteiger partial charge in [0, 0.05) is 58.2 Å². The summed E-state index contributed by atoms with van der Waals surface area (Å²) in [6.07, 6.45) is 0.442. The highest BCUT2D eigenvalue weighted by atomic mass is 35.5. The number of hydrogen-bond acceptors (Lipinski definition) is 7. The second-order valence-corrected chi connectivity index (χ2v) is 11.5. The van der Waals surface area contributed by atoms with Crippen molar-refractivity contribution in [2.75, 3.05) is 39.8 Å². The molecule has 9 nitrogen and oxygen atoms in total. The first-order valence-corrected chi connectivity index (χ1v) is 13.3. The molecule has 0 aromatic heterocycles. The van der Waals surface area contributed by atoms with Gasteiger partial charge in [-0.05, 0) is 25.0 Å². The first-order valence-electron chi connectivity index (χ1n) is 11.1. The van der Waals surface area contributed by atoms with Crippen LogP contribution in [0.4, 0.5) is 13.2 Å². The van der Waals surface area contributed by atoms with Gasteiger partial charge in [-0.2, -0.15) is 9.41 Å². The first kappa shape index (κ1) is 28.6. The Bertz CT molecular complexity index is 1150. The number of amides is 1. The second-order valence-electron chi connectivity index (χ2n) is 8.75. The number of nitrogens with two attached hydrogens (primary N) is 1. The Labute approximate surface area is 217 Å². The van der Waals surface area contributed by atoms with Crippen LogP contribution < -0.4 is 11.2 Å². The monoisotopic (exact) mass is 570 g/mol. The molecular formula is C21H27Cl2F3N6O3S. The Morgan fingerprint density at radius 1 is 1.14 bits per heavy atom. The van der Waals surface area contributed by atoms with Crippen LogP contribution in [0.25, 0.3) is 0 Å². The van der Waals surface area contributed by atoms with Gasteiger partial charge in [0.05, 0.1) is 21.8 Å². The molecule has 1 amide bonds. The summed E-state index contributed by atoms with van der Waals surface area (Å²) in [4.78, 5) is 18.4. The summed E-state index contributed by atoms with van der Waals surface area (Å²) in [5.41, 5.74) is -0.975. The topological polar surface area (TPSA) is 120 Å². The molecule has 1 aliphatic heterocycles. The summed E-state index contributed by atoms with van der Waals surface area (Å²) >= 11 is 11.7. The highest BCUT2D eigenvalue weighted by molar-refractivity contribution is 8.06. The zero-order valence-corrected chi connectivity index (χ0v) is 21.8. The fraction of sp³-hybridized carbons (Fsp3) is 0.571. The van der Waals surface area contributed by atoms with Gasteiger partial charge in [-0.3, -0.25) is 14.7 Å². The fourth-order valence-corrected chi connectivity index (χ4v) is 6.28. The number of nitrogens with zero attached hydrogens (tertiary/aromatic N) is 4. The molecule has 1 heterocycles. The number of sulfonamides is 1. The molecule has 1 saturated carbocycles. The van der Waals surface area contributed by atoms with Gasteiger partial charge in [-0.25, -0.2) is 21.6 Å². The number of alkyl halides is 2. The van der Waals surface area contributed by atoms with Gasteiger partial charge in [0.1, 0.15) is 5.82 Å². The average Bonchev–Trinajstić information content (AvgIpc) is 2.84. The molecule has 2 aliphatic rings. The number of rotatable bonds is 6. The van der Waals surface area contributed by atoms with Crippen LogP contribution in [-0.4, -0.2) is 86.0 Å². The average molecular weight is 571 g/mol. The number of carbonyl (C=O) groups is 1. The Morgan fingerprint density at radius 2 is 1.75 bits per heavy atom. The molecule has 0 radical (unpaired) electrons. The van der Waals surface area contributed by atoms with E-state index in [0.717, 1.165) is 18.3 Å². The number of halogens is 5. The lowest BCUT2D eigenvalue weighted by atomic mass is 9.78. The summed E-state index contributed by atoms with van der Waals surface area (Å²) in [5.74, 6) is 0.903. The summed E-state index contributed by atoms with van der Waals surface area (Å²) < 4.78 is 68.8. The minimum Gasteiger partial charge on any atom is -0.350 e. The largest absolute Gasteiger partial charge is 0.350 e. The third-order valence-corrected chi connectivity index (χ3v) is 9.01. The highest BCUT2D eigenvalue weighted by Gasteiger charge is 2.48. The van der Waals surface area contributed by atoms with Crippen molar-refractivity contribution in [3.05, 3.63) is 33.6 Å². The molecule has 1 aliphatic carbocycles. The number of piperazine rings is 1. The van der Waals surface area contributed by atoms with Crippen molar-refractivity contribution in [2.24, 2.45) is 15.9 Å². The van der Waals surface area contributed by atoms with E-state index in [9.17, 15) is 26.4 Å². The van der Waals surface area contributed by atoms with Gasteiger partial charge in [0.2, 0.25) is 11.0 Å². The molecule has 3 N–H and O–H groups in total. The minimum atomic E-state index is -3.97. The van der Waals surface area contributed by atoms with Crippen molar-refractivity contribution < 1.29 is 26.4 Å². The molecule has 0 spiro atoms. The lowest BCUT2D eigenvalue weighted by molar-refractivity contribution is -0.0855. The molecule has 1 aromatic rings. The molecule has 3 rings (SSSR count). The molecule has 0 atom stereocenters. The first-order chi connectivity index (χ1) is 16.8. The van der Waals surface area contributed by atoms with Crippen LogP contribution in [0, 0.1) is 5.82 Å². The van der Waals surface area contributed by atoms with Crippen molar-refractivity contribution in [3.63, 3.8) is 0 Å². The third-order valence-electron chi connectivity index (χ3n) is 6.63. The predicted molar refractivity (Wildman–Crippen MR) is 133 cm³/mol. The van der Waals surface area contributed by atoms with Gasteiger partial charge in [0.15, 0.2) is 0 Å². The Morgan fingerprint density at radius 3 is 2.31 bits per heavy atom. The maximum absolute atomic E-state index is 14.0. The van der Waals surface area contributed by atoms with E-state index in [2.05, 4.69) is 15.4 Å². The number of hydrazone groups is 1. The second kappa shape index (κ2) is 11.2. The van der Waals surface area contributed by atoms with Gasteiger partial charge in [-0.1, -0.05) is 23.2 Å². The van der Waals surface area contributed by atoms with E-state index in [1.807, 2.05) is 4.90 Å². The van der Waals surface area contributed by atoms with Gasteiger partial charge in [-0.15, -0.1) is 0 Å². The Balaban J connectivity index is 1.77. The van der Waals surface area contributed by atoms with Crippen molar-refractivity contribution >= 4 is 50.4 Å². The van der Waals surface area contributed by atoms with Gasteiger partial charge < -0.3 is 11.2 Å². The maximum atomic E-state index is 14.0.